The zero-order valence-corrected chi connectivity index (χ0v) is 11.0. The Labute approximate surface area is 115 Å². The maximum atomic E-state index is 5.32. The van der Waals surface area contributed by atoms with Gasteiger partial charge in [-0.25, -0.2) is 0 Å². The summed E-state index contributed by atoms with van der Waals surface area (Å²) in [7, 11) is 0. The quantitative estimate of drug-likeness (QED) is 0.609. The first kappa shape index (κ1) is 13.4. The summed E-state index contributed by atoms with van der Waals surface area (Å²) in [6.07, 6.45) is 7.06. The van der Waals surface area contributed by atoms with Crippen molar-refractivity contribution in [1.29, 1.82) is 0 Å². The van der Waals surface area contributed by atoms with Crippen molar-refractivity contribution >= 4 is 0 Å². The minimum Gasteiger partial charge on any atom is -0.309 e. The van der Waals surface area contributed by atoms with E-state index in [2.05, 4.69) is 59.8 Å². The molecule has 0 aliphatic carbocycles. The van der Waals surface area contributed by atoms with Gasteiger partial charge in [0.2, 0.25) is 0 Å². The van der Waals surface area contributed by atoms with Crippen LogP contribution in [0.2, 0.25) is 0 Å². The topological polar surface area (TPSA) is 12.0 Å². The van der Waals surface area contributed by atoms with Crippen molar-refractivity contribution in [1.82, 2.24) is 5.32 Å². The molecule has 0 saturated carbocycles. The van der Waals surface area contributed by atoms with Gasteiger partial charge in [0.15, 0.2) is 0 Å². The number of terminal acetylenes is 1. The molecule has 0 bridgehead atoms. The van der Waals surface area contributed by atoms with Crippen molar-refractivity contribution in [3.05, 3.63) is 71.8 Å². The predicted octanol–water partition coefficient (Wildman–Crippen LogP) is 3.58. The average molecular weight is 249 g/mol. The van der Waals surface area contributed by atoms with Crippen LogP contribution in [0.4, 0.5) is 0 Å². The first-order valence-electron chi connectivity index (χ1n) is 6.66. The molecular formula is C18H19N. The number of nitrogens with one attached hydrogen (secondary N) is 1. The minimum atomic E-state index is 0.317. The van der Waals surface area contributed by atoms with Crippen molar-refractivity contribution in [2.75, 3.05) is 6.54 Å². The molecule has 0 aromatic heterocycles. The van der Waals surface area contributed by atoms with Gasteiger partial charge in [-0.15, -0.1) is 12.3 Å². The van der Waals surface area contributed by atoms with Crippen LogP contribution in [0.3, 0.4) is 0 Å². The lowest BCUT2D eigenvalue weighted by molar-refractivity contribution is 0.539. The third-order valence-corrected chi connectivity index (χ3v) is 3.14. The van der Waals surface area contributed by atoms with Crippen LogP contribution in [0.1, 0.15) is 23.6 Å². The van der Waals surface area contributed by atoms with Crippen LogP contribution in [-0.4, -0.2) is 6.54 Å². The molecule has 2 rings (SSSR count). The molecule has 0 heterocycles. The van der Waals surface area contributed by atoms with E-state index in [0.717, 1.165) is 19.4 Å². The second-order valence-electron chi connectivity index (χ2n) is 4.56. The van der Waals surface area contributed by atoms with Gasteiger partial charge in [-0.3, -0.25) is 0 Å². The smallest absolute Gasteiger partial charge is 0.0361 e. The number of hydrogen-bond acceptors (Lipinski definition) is 1. The first-order chi connectivity index (χ1) is 9.40. The summed E-state index contributed by atoms with van der Waals surface area (Å²) in [6, 6.07) is 21.4. The second kappa shape index (κ2) is 7.41. The third-order valence-electron chi connectivity index (χ3n) is 3.14. The number of rotatable bonds is 6. The van der Waals surface area contributed by atoms with E-state index in [1.807, 2.05) is 12.1 Å². The van der Waals surface area contributed by atoms with E-state index in [1.165, 1.54) is 11.1 Å². The van der Waals surface area contributed by atoms with Crippen molar-refractivity contribution in [2.24, 2.45) is 0 Å². The highest BCUT2D eigenvalue weighted by Gasteiger charge is 2.10. The standard InChI is InChI=1S/C18H19N/c1-2-3-14-19-18(17-12-8-5-9-13-17)15-16-10-6-4-7-11-16/h1,4-13,18-19H,3,14-15H2. The summed E-state index contributed by atoms with van der Waals surface area (Å²) >= 11 is 0. The van der Waals surface area contributed by atoms with Crippen LogP contribution >= 0.6 is 0 Å². The lowest BCUT2D eigenvalue weighted by Crippen LogP contribution is -2.24. The molecule has 1 atom stereocenters. The van der Waals surface area contributed by atoms with Crippen LogP contribution in [0, 0.1) is 12.3 Å². The molecule has 1 unspecified atom stereocenters. The Morgan fingerprint density at radius 3 is 2.21 bits per heavy atom. The minimum absolute atomic E-state index is 0.317. The molecule has 2 aromatic carbocycles. The zero-order chi connectivity index (χ0) is 13.3. The summed E-state index contributed by atoms with van der Waals surface area (Å²) in [5, 5.41) is 3.54. The van der Waals surface area contributed by atoms with E-state index in [-0.39, 0.29) is 0 Å². The second-order valence-corrected chi connectivity index (χ2v) is 4.56. The summed E-state index contributed by atoms with van der Waals surface area (Å²) in [4.78, 5) is 0. The van der Waals surface area contributed by atoms with Gasteiger partial charge in [-0.05, 0) is 17.5 Å². The molecule has 1 nitrogen and oxygen atoms in total. The molecule has 0 spiro atoms. The highest BCUT2D eigenvalue weighted by atomic mass is 14.9. The van der Waals surface area contributed by atoms with E-state index in [1.54, 1.807) is 0 Å². The fourth-order valence-electron chi connectivity index (χ4n) is 2.16. The average Bonchev–Trinajstić information content (AvgIpc) is 2.48. The summed E-state index contributed by atoms with van der Waals surface area (Å²) in [5.74, 6) is 2.68. The van der Waals surface area contributed by atoms with Crippen molar-refractivity contribution in [2.45, 2.75) is 18.9 Å². The van der Waals surface area contributed by atoms with Gasteiger partial charge in [0, 0.05) is 19.0 Å². The maximum Gasteiger partial charge on any atom is 0.0361 e. The van der Waals surface area contributed by atoms with E-state index in [4.69, 9.17) is 6.42 Å². The van der Waals surface area contributed by atoms with E-state index in [0.29, 0.717) is 6.04 Å². The monoisotopic (exact) mass is 249 g/mol. The number of benzene rings is 2. The van der Waals surface area contributed by atoms with Crippen molar-refractivity contribution in [3.8, 4) is 12.3 Å². The third kappa shape index (κ3) is 4.28. The van der Waals surface area contributed by atoms with Crippen molar-refractivity contribution in [3.63, 3.8) is 0 Å². The molecule has 19 heavy (non-hydrogen) atoms. The van der Waals surface area contributed by atoms with Crippen LogP contribution in [0.25, 0.3) is 0 Å². The Balaban J connectivity index is 2.08. The highest BCUT2D eigenvalue weighted by molar-refractivity contribution is 5.23. The lowest BCUT2D eigenvalue weighted by atomic mass is 9.99. The molecule has 1 heteroatoms. The summed E-state index contributed by atoms with van der Waals surface area (Å²) < 4.78 is 0. The molecule has 0 radical (unpaired) electrons. The molecule has 0 fully saturated rings. The van der Waals surface area contributed by atoms with Crippen LogP contribution in [0.15, 0.2) is 60.7 Å². The lowest BCUT2D eigenvalue weighted by Gasteiger charge is -2.19. The molecule has 1 N–H and O–H groups in total. The van der Waals surface area contributed by atoms with Gasteiger partial charge < -0.3 is 5.32 Å². The SMILES string of the molecule is C#CCCNC(Cc1ccccc1)c1ccccc1. The summed E-state index contributed by atoms with van der Waals surface area (Å²) in [6.45, 7) is 0.850. The summed E-state index contributed by atoms with van der Waals surface area (Å²) in [5.41, 5.74) is 2.65. The predicted molar refractivity (Wildman–Crippen MR) is 80.8 cm³/mol. The fraction of sp³-hybridized carbons (Fsp3) is 0.222. The van der Waals surface area contributed by atoms with E-state index < -0.39 is 0 Å². The van der Waals surface area contributed by atoms with Gasteiger partial charge >= 0.3 is 0 Å². The van der Waals surface area contributed by atoms with Gasteiger partial charge in [-0.2, -0.15) is 0 Å². The Hall–Kier alpha value is -2.04. The molecule has 2 aromatic rings. The molecule has 0 saturated heterocycles. The normalized spacial score (nSPS) is 11.7. The Kier molecular flexibility index (Phi) is 5.22. The Bertz CT molecular complexity index is 510. The Morgan fingerprint density at radius 1 is 0.947 bits per heavy atom. The molecule has 96 valence electrons. The number of hydrogen-bond donors (Lipinski definition) is 1. The van der Waals surface area contributed by atoms with Crippen LogP contribution in [-0.2, 0) is 6.42 Å². The van der Waals surface area contributed by atoms with Crippen LogP contribution < -0.4 is 5.32 Å². The molecular weight excluding hydrogens is 230 g/mol. The van der Waals surface area contributed by atoms with Gasteiger partial charge in [-0.1, -0.05) is 60.7 Å². The maximum absolute atomic E-state index is 5.32. The Morgan fingerprint density at radius 2 is 1.58 bits per heavy atom. The largest absolute Gasteiger partial charge is 0.309 e. The zero-order valence-electron chi connectivity index (χ0n) is 11.0. The fourth-order valence-corrected chi connectivity index (χ4v) is 2.16. The molecule has 0 aliphatic heterocycles. The van der Waals surface area contributed by atoms with Crippen LogP contribution in [0.5, 0.6) is 0 Å². The van der Waals surface area contributed by atoms with Gasteiger partial charge in [0.05, 0.1) is 0 Å². The van der Waals surface area contributed by atoms with Gasteiger partial charge in [0.1, 0.15) is 0 Å². The van der Waals surface area contributed by atoms with E-state index in [9.17, 15) is 0 Å². The molecule has 0 aliphatic rings. The van der Waals surface area contributed by atoms with E-state index >= 15 is 0 Å². The van der Waals surface area contributed by atoms with Gasteiger partial charge in [0.25, 0.3) is 0 Å². The molecule has 0 amide bonds. The highest BCUT2D eigenvalue weighted by Crippen LogP contribution is 2.18. The van der Waals surface area contributed by atoms with Crippen molar-refractivity contribution < 1.29 is 0 Å². The first-order valence-corrected chi connectivity index (χ1v) is 6.66.